The summed E-state index contributed by atoms with van der Waals surface area (Å²) in [5, 5.41) is 17.6. The predicted octanol–water partition coefficient (Wildman–Crippen LogP) is 5.25. The number of azo groups is 1. The smallest absolute Gasteiger partial charge is 0.119 e. The highest BCUT2D eigenvalue weighted by Crippen LogP contribution is 2.20. The van der Waals surface area contributed by atoms with Crippen LogP contribution in [0.15, 0.2) is 83.0 Å². The van der Waals surface area contributed by atoms with Crippen molar-refractivity contribution in [3.8, 4) is 23.3 Å². The minimum absolute atomic E-state index is 0.201. The van der Waals surface area contributed by atoms with Crippen molar-refractivity contribution in [1.29, 1.82) is 0 Å². The molecule has 0 saturated heterocycles. The van der Waals surface area contributed by atoms with E-state index in [-0.39, 0.29) is 5.75 Å². The lowest BCUT2D eigenvalue weighted by atomic mass is 10.1. The van der Waals surface area contributed by atoms with Gasteiger partial charge in [0.1, 0.15) is 18.1 Å². The quantitative estimate of drug-likeness (QED) is 0.294. The standard InChI is InChI=1S/C25H24N2O4/c1-29-16-17-30-18-19-31-25-14-6-21(7-15-25)3-2-20-4-8-22(9-5-20)26-27-23-10-12-24(28)13-11-23/h4-15,28H,16-19H2,1H3/b27-26+. The lowest BCUT2D eigenvalue weighted by Crippen LogP contribution is -2.09. The summed E-state index contributed by atoms with van der Waals surface area (Å²) in [6.07, 6.45) is 0. The van der Waals surface area contributed by atoms with Gasteiger partial charge in [-0.05, 0) is 72.8 Å². The summed E-state index contributed by atoms with van der Waals surface area (Å²) in [4.78, 5) is 0. The van der Waals surface area contributed by atoms with Crippen molar-refractivity contribution in [1.82, 2.24) is 0 Å². The van der Waals surface area contributed by atoms with Crippen LogP contribution < -0.4 is 4.74 Å². The lowest BCUT2D eigenvalue weighted by Gasteiger charge is -2.06. The molecule has 3 aromatic rings. The van der Waals surface area contributed by atoms with Crippen LogP contribution in [0.1, 0.15) is 11.1 Å². The Morgan fingerprint density at radius 2 is 1.19 bits per heavy atom. The largest absolute Gasteiger partial charge is 0.508 e. The van der Waals surface area contributed by atoms with E-state index in [0.29, 0.717) is 32.1 Å². The molecule has 3 aromatic carbocycles. The van der Waals surface area contributed by atoms with Crippen LogP contribution in [0.2, 0.25) is 0 Å². The van der Waals surface area contributed by atoms with Gasteiger partial charge in [-0.2, -0.15) is 10.2 Å². The molecule has 1 N–H and O–H groups in total. The molecule has 0 radical (unpaired) electrons. The highest BCUT2D eigenvalue weighted by Gasteiger charge is 1.96. The number of hydrogen-bond acceptors (Lipinski definition) is 6. The molecule has 0 aliphatic carbocycles. The number of phenols is 1. The second-order valence-corrected chi connectivity index (χ2v) is 6.49. The van der Waals surface area contributed by atoms with Crippen LogP contribution in [0, 0.1) is 11.8 Å². The summed E-state index contributed by atoms with van der Waals surface area (Å²) >= 11 is 0. The van der Waals surface area contributed by atoms with E-state index in [4.69, 9.17) is 14.2 Å². The Bertz CT molecular complexity index is 1020. The maximum Gasteiger partial charge on any atom is 0.119 e. The zero-order valence-electron chi connectivity index (χ0n) is 17.3. The Hall–Kier alpha value is -3.66. The van der Waals surface area contributed by atoms with Gasteiger partial charge < -0.3 is 19.3 Å². The third-order valence-corrected chi connectivity index (χ3v) is 4.13. The number of benzene rings is 3. The first-order valence-corrected chi connectivity index (χ1v) is 9.85. The van der Waals surface area contributed by atoms with E-state index < -0.39 is 0 Å². The van der Waals surface area contributed by atoms with Crippen molar-refractivity contribution >= 4 is 11.4 Å². The maximum absolute atomic E-state index is 9.29. The molecular weight excluding hydrogens is 392 g/mol. The van der Waals surface area contributed by atoms with Crippen LogP contribution >= 0.6 is 0 Å². The Labute approximate surface area is 182 Å². The fourth-order valence-corrected chi connectivity index (χ4v) is 2.49. The van der Waals surface area contributed by atoms with E-state index in [9.17, 15) is 5.11 Å². The summed E-state index contributed by atoms with van der Waals surface area (Å²) in [6, 6.07) is 21.7. The monoisotopic (exact) mass is 416 g/mol. The lowest BCUT2D eigenvalue weighted by molar-refractivity contribution is 0.0544. The van der Waals surface area contributed by atoms with E-state index in [2.05, 4.69) is 22.1 Å². The van der Waals surface area contributed by atoms with Gasteiger partial charge in [-0.25, -0.2) is 0 Å². The van der Waals surface area contributed by atoms with Crippen molar-refractivity contribution in [2.45, 2.75) is 0 Å². The first-order chi connectivity index (χ1) is 15.2. The molecule has 0 heterocycles. The predicted molar refractivity (Wildman–Crippen MR) is 119 cm³/mol. The highest BCUT2D eigenvalue weighted by atomic mass is 16.5. The van der Waals surface area contributed by atoms with E-state index in [0.717, 1.165) is 22.6 Å². The third-order valence-electron chi connectivity index (χ3n) is 4.13. The summed E-state index contributed by atoms with van der Waals surface area (Å²) in [5.41, 5.74) is 3.19. The molecule has 0 amide bonds. The number of hydrogen-bond donors (Lipinski definition) is 1. The maximum atomic E-state index is 9.29. The van der Waals surface area contributed by atoms with Crippen molar-refractivity contribution in [2.24, 2.45) is 10.2 Å². The van der Waals surface area contributed by atoms with E-state index >= 15 is 0 Å². The number of methoxy groups -OCH3 is 1. The normalized spacial score (nSPS) is 10.6. The molecular formula is C25H24N2O4. The molecule has 0 bridgehead atoms. The molecule has 158 valence electrons. The summed E-state index contributed by atoms with van der Waals surface area (Å²) in [7, 11) is 1.65. The number of aromatic hydroxyl groups is 1. The fraction of sp³-hybridized carbons (Fsp3) is 0.200. The molecule has 0 fully saturated rings. The van der Waals surface area contributed by atoms with Crippen LogP contribution in [0.4, 0.5) is 11.4 Å². The third kappa shape index (κ3) is 7.94. The van der Waals surface area contributed by atoms with Gasteiger partial charge in [-0.3, -0.25) is 0 Å². The average molecular weight is 416 g/mol. The van der Waals surface area contributed by atoms with Crippen LogP contribution in [-0.4, -0.2) is 38.6 Å². The highest BCUT2D eigenvalue weighted by molar-refractivity contribution is 5.48. The first kappa shape index (κ1) is 22.0. The van der Waals surface area contributed by atoms with E-state index in [1.165, 1.54) is 0 Å². The number of phenolic OH excluding ortho intramolecular Hbond substituents is 1. The van der Waals surface area contributed by atoms with E-state index in [1.54, 1.807) is 31.4 Å². The molecule has 0 atom stereocenters. The minimum Gasteiger partial charge on any atom is -0.508 e. The second-order valence-electron chi connectivity index (χ2n) is 6.49. The summed E-state index contributed by atoms with van der Waals surface area (Å²) < 4.78 is 15.9. The van der Waals surface area contributed by atoms with Gasteiger partial charge in [-0.1, -0.05) is 11.8 Å². The number of rotatable bonds is 9. The Morgan fingerprint density at radius 1 is 0.677 bits per heavy atom. The van der Waals surface area contributed by atoms with Crippen LogP contribution in [-0.2, 0) is 9.47 Å². The van der Waals surface area contributed by atoms with Crippen LogP contribution in [0.5, 0.6) is 11.5 Å². The zero-order chi connectivity index (χ0) is 21.7. The Morgan fingerprint density at radius 3 is 1.77 bits per heavy atom. The first-order valence-electron chi connectivity index (χ1n) is 9.85. The molecule has 6 nitrogen and oxygen atoms in total. The van der Waals surface area contributed by atoms with Gasteiger partial charge >= 0.3 is 0 Å². The van der Waals surface area contributed by atoms with Crippen LogP contribution in [0.25, 0.3) is 0 Å². The average Bonchev–Trinajstić information content (AvgIpc) is 2.81. The minimum atomic E-state index is 0.201. The fourth-order valence-electron chi connectivity index (χ4n) is 2.49. The van der Waals surface area contributed by atoms with Crippen molar-refractivity contribution in [3.05, 3.63) is 83.9 Å². The van der Waals surface area contributed by atoms with Crippen LogP contribution in [0.3, 0.4) is 0 Å². The molecule has 0 aliphatic rings. The van der Waals surface area contributed by atoms with E-state index in [1.807, 2.05) is 48.5 Å². The molecule has 31 heavy (non-hydrogen) atoms. The molecule has 0 saturated carbocycles. The number of nitrogens with zero attached hydrogens (tertiary/aromatic N) is 2. The molecule has 0 unspecified atom stereocenters. The van der Waals surface area contributed by atoms with Crippen molar-refractivity contribution < 1.29 is 19.3 Å². The molecule has 0 aromatic heterocycles. The molecule has 0 spiro atoms. The van der Waals surface area contributed by atoms with Gasteiger partial charge in [0.2, 0.25) is 0 Å². The van der Waals surface area contributed by atoms with Gasteiger partial charge in [0.15, 0.2) is 0 Å². The molecule has 0 aliphatic heterocycles. The van der Waals surface area contributed by atoms with Gasteiger partial charge in [0.05, 0.1) is 31.2 Å². The number of ether oxygens (including phenoxy) is 3. The Balaban J connectivity index is 1.49. The van der Waals surface area contributed by atoms with Gasteiger partial charge in [0, 0.05) is 18.2 Å². The van der Waals surface area contributed by atoms with Gasteiger partial charge in [-0.15, -0.1) is 0 Å². The SMILES string of the molecule is COCCOCCOc1ccc(C#Cc2ccc(/N=N/c3ccc(O)cc3)cc2)cc1. The van der Waals surface area contributed by atoms with Crippen molar-refractivity contribution in [2.75, 3.05) is 33.5 Å². The molecule has 6 heteroatoms. The summed E-state index contributed by atoms with van der Waals surface area (Å²) in [5.74, 6) is 7.26. The second kappa shape index (κ2) is 12.1. The topological polar surface area (TPSA) is 72.6 Å². The van der Waals surface area contributed by atoms with Gasteiger partial charge in [0.25, 0.3) is 0 Å². The van der Waals surface area contributed by atoms with Crippen molar-refractivity contribution in [3.63, 3.8) is 0 Å². The molecule has 3 rings (SSSR count). The Kier molecular flexibility index (Phi) is 8.62. The summed E-state index contributed by atoms with van der Waals surface area (Å²) in [6.45, 7) is 2.16. The zero-order valence-corrected chi connectivity index (χ0v) is 17.3.